The van der Waals surface area contributed by atoms with Gasteiger partial charge in [-0.15, -0.1) is 0 Å². The van der Waals surface area contributed by atoms with Crippen LogP contribution in [-0.4, -0.2) is 27.2 Å². The molecule has 86 valence electrons. The van der Waals surface area contributed by atoms with Gasteiger partial charge in [0.2, 0.25) is 0 Å². The quantitative estimate of drug-likeness (QED) is 0.593. The molecule has 0 unspecified atom stereocenters. The number of pyridine rings is 1. The largest absolute Gasteiger partial charge is 0.388 e. The van der Waals surface area contributed by atoms with Crippen molar-refractivity contribution in [2.45, 2.75) is 24.9 Å². The van der Waals surface area contributed by atoms with Crippen LogP contribution in [0.25, 0.3) is 0 Å². The Balaban J connectivity index is 1.98. The van der Waals surface area contributed by atoms with Crippen LogP contribution in [0.4, 0.5) is 11.5 Å². The summed E-state index contributed by atoms with van der Waals surface area (Å²) in [5.74, 6) is 0.425. The Hall–Kier alpha value is -1.69. The van der Waals surface area contributed by atoms with Crippen molar-refractivity contribution in [3.8, 4) is 0 Å². The van der Waals surface area contributed by atoms with Gasteiger partial charge in [-0.3, -0.25) is 10.1 Å². The van der Waals surface area contributed by atoms with Crippen molar-refractivity contribution in [2.24, 2.45) is 0 Å². The number of aliphatic hydroxyl groups is 1. The van der Waals surface area contributed by atoms with Crippen LogP contribution >= 0.6 is 0 Å². The van der Waals surface area contributed by atoms with E-state index in [-0.39, 0.29) is 5.69 Å². The van der Waals surface area contributed by atoms with Crippen LogP contribution in [0, 0.1) is 10.1 Å². The van der Waals surface area contributed by atoms with Crippen LogP contribution in [0.5, 0.6) is 0 Å². The van der Waals surface area contributed by atoms with Gasteiger partial charge in [-0.25, -0.2) is 4.98 Å². The van der Waals surface area contributed by atoms with Crippen molar-refractivity contribution in [3.05, 3.63) is 28.4 Å². The van der Waals surface area contributed by atoms with E-state index in [4.69, 9.17) is 0 Å². The van der Waals surface area contributed by atoms with E-state index in [0.717, 1.165) is 19.3 Å². The summed E-state index contributed by atoms with van der Waals surface area (Å²) in [6.07, 6.45) is 3.95. The first-order valence-electron chi connectivity index (χ1n) is 5.16. The van der Waals surface area contributed by atoms with Gasteiger partial charge >= 0.3 is 0 Å². The fourth-order valence-electron chi connectivity index (χ4n) is 1.65. The van der Waals surface area contributed by atoms with E-state index in [1.165, 1.54) is 18.3 Å². The summed E-state index contributed by atoms with van der Waals surface area (Å²) in [5, 5.41) is 23.3. The maximum absolute atomic E-state index is 10.5. The van der Waals surface area contributed by atoms with E-state index in [1.54, 1.807) is 0 Å². The lowest BCUT2D eigenvalue weighted by Gasteiger charge is -2.36. The molecular weight excluding hydrogens is 210 g/mol. The SMILES string of the molecule is O=[N+]([O-])c1ccnc(NCC2(O)CCC2)c1. The molecule has 2 N–H and O–H groups in total. The zero-order valence-corrected chi connectivity index (χ0v) is 8.72. The lowest BCUT2D eigenvalue weighted by molar-refractivity contribution is -0.384. The van der Waals surface area contributed by atoms with Crippen LogP contribution in [0.15, 0.2) is 18.3 Å². The zero-order valence-electron chi connectivity index (χ0n) is 8.72. The highest BCUT2D eigenvalue weighted by Gasteiger charge is 2.34. The molecule has 1 fully saturated rings. The normalized spacial score (nSPS) is 17.6. The van der Waals surface area contributed by atoms with E-state index in [9.17, 15) is 15.2 Å². The monoisotopic (exact) mass is 223 g/mol. The highest BCUT2D eigenvalue weighted by atomic mass is 16.6. The van der Waals surface area contributed by atoms with E-state index in [1.807, 2.05) is 0 Å². The van der Waals surface area contributed by atoms with Crippen molar-refractivity contribution in [3.63, 3.8) is 0 Å². The third kappa shape index (κ3) is 2.27. The smallest absolute Gasteiger partial charge is 0.274 e. The fraction of sp³-hybridized carbons (Fsp3) is 0.500. The van der Waals surface area contributed by atoms with Gasteiger partial charge in [0.05, 0.1) is 16.6 Å². The van der Waals surface area contributed by atoms with Crippen molar-refractivity contribution in [2.75, 3.05) is 11.9 Å². The number of nitrogens with zero attached hydrogens (tertiary/aromatic N) is 2. The molecule has 0 amide bonds. The molecule has 1 aliphatic carbocycles. The average molecular weight is 223 g/mol. The molecule has 0 aliphatic heterocycles. The van der Waals surface area contributed by atoms with E-state index >= 15 is 0 Å². The molecule has 1 aromatic rings. The molecule has 2 rings (SSSR count). The number of anilines is 1. The average Bonchev–Trinajstić information content (AvgIpc) is 2.24. The van der Waals surface area contributed by atoms with Gasteiger partial charge in [0.15, 0.2) is 0 Å². The summed E-state index contributed by atoms with van der Waals surface area (Å²) in [4.78, 5) is 14.0. The molecule has 0 bridgehead atoms. The Morgan fingerprint density at radius 1 is 1.62 bits per heavy atom. The highest BCUT2D eigenvalue weighted by Crippen LogP contribution is 2.31. The number of hydrogen-bond donors (Lipinski definition) is 2. The third-order valence-electron chi connectivity index (χ3n) is 2.84. The number of nitrogens with one attached hydrogen (secondary N) is 1. The lowest BCUT2D eigenvalue weighted by atomic mass is 9.80. The van der Waals surface area contributed by atoms with Gasteiger partial charge in [0.1, 0.15) is 5.82 Å². The maximum Gasteiger partial charge on any atom is 0.274 e. The molecular formula is C10H13N3O3. The van der Waals surface area contributed by atoms with Gasteiger partial charge in [0, 0.05) is 18.8 Å². The van der Waals surface area contributed by atoms with Crippen molar-refractivity contribution >= 4 is 11.5 Å². The van der Waals surface area contributed by atoms with Gasteiger partial charge in [0.25, 0.3) is 5.69 Å². The second-order valence-electron chi connectivity index (χ2n) is 4.09. The van der Waals surface area contributed by atoms with Gasteiger partial charge in [-0.2, -0.15) is 0 Å². The number of rotatable bonds is 4. The molecule has 1 aromatic heterocycles. The Morgan fingerprint density at radius 2 is 2.38 bits per heavy atom. The molecule has 0 aromatic carbocycles. The first-order chi connectivity index (χ1) is 7.59. The zero-order chi connectivity index (χ0) is 11.6. The fourth-order valence-corrected chi connectivity index (χ4v) is 1.65. The summed E-state index contributed by atoms with van der Waals surface area (Å²) in [6, 6.07) is 2.70. The molecule has 16 heavy (non-hydrogen) atoms. The van der Waals surface area contributed by atoms with Crippen LogP contribution in [0.1, 0.15) is 19.3 Å². The number of nitro groups is 1. The molecule has 1 saturated carbocycles. The minimum Gasteiger partial charge on any atom is -0.388 e. The molecule has 0 spiro atoms. The molecule has 6 nitrogen and oxygen atoms in total. The van der Waals surface area contributed by atoms with Gasteiger partial charge in [-0.05, 0) is 19.3 Å². The second-order valence-corrected chi connectivity index (χ2v) is 4.09. The Labute approximate surface area is 92.5 Å². The van der Waals surface area contributed by atoms with Crippen molar-refractivity contribution in [1.82, 2.24) is 4.98 Å². The minimum absolute atomic E-state index is 0.00176. The summed E-state index contributed by atoms with van der Waals surface area (Å²) in [6.45, 7) is 0.390. The first-order valence-corrected chi connectivity index (χ1v) is 5.16. The lowest BCUT2D eigenvalue weighted by Crippen LogP contribution is -2.43. The standard InChI is InChI=1S/C10H13N3O3/c14-10(3-1-4-10)7-12-9-6-8(13(15)16)2-5-11-9/h2,5-6,14H,1,3-4,7H2,(H,11,12). The van der Waals surface area contributed by atoms with Crippen LogP contribution in [-0.2, 0) is 0 Å². The molecule has 0 saturated heterocycles. The highest BCUT2D eigenvalue weighted by molar-refractivity contribution is 5.44. The Kier molecular flexibility index (Phi) is 2.74. The van der Waals surface area contributed by atoms with Crippen molar-refractivity contribution in [1.29, 1.82) is 0 Å². The van der Waals surface area contributed by atoms with Gasteiger partial charge in [-0.1, -0.05) is 0 Å². The minimum atomic E-state index is -0.660. The van der Waals surface area contributed by atoms with Crippen LogP contribution in [0.3, 0.4) is 0 Å². The second kappa shape index (κ2) is 4.05. The maximum atomic E-state index is 10.5. The first kappa shape index (κ1) is 10.8. The summed E-state index contributed by atoms with van der Waals surface area (Å²) in [5.41, 5.74) is -0.662. The molecule has 0 radical (unpaired) electrons. The van der Waals surface area contributed by atoms with Crippen LogP contribution in [0.2, 0.25) is 0 Å². The predicted octanol–water partition coefficient (Wildman–Crippen LogP) is 1.32. The number of hydrogen-bond acceptors (Lipinski definition) is 5. The van der Waals surface area contributed by atoms with E-state index in [0.29, 0.717) is 12.4 Å². The summed E-state index contributed by atoms with van der Waals surface area (Å²) in [7, 11) is 0. The number of aromatic nitrogens is 1. The third-order valence-corrected chi connectivity index (χ3v) is 2.84. The molecule has 6 heteroatoms. The van der Waals surface area contributed by atoms with Crippen molar-refractivity contribution < 1.29 is 10.0 Å². The van der Waals surface area contributed by atoms with E-state index in [2.05, 4.69) is 10.3 Å². The van der Waals surface area contributed by atoms with Crippen LogP contribution < -0.4 is 5.32 Å². The molecule has 1 aliphatic rings. The summed E-state index contributed by atoms with van der Waals surface area (Å²) >= 11 is 0. The van der Waals surface area contributed by atoms with Gasteiger partial charge < -0.3 is 10.4 Å². The molecule has 1 heterocycles. The predicted molar refractivity (Wildman–Crippen MR) is 58.2 cm³/mol. The Bertz CT molecular complexity index is 404. The Morgan fingerprint density at radius 3 is 2.94 bits per heavy atom. The molecule has 0 atom stereocenters. The summed E-state index contributed by atoms with van der Waals surface area (Å²) < 4.78 is 0. The van der Waals surface area contributed by atoms with E-state index < -0.39 is 10.5 Å². The topological polar surface area (TPSA) is 88.3 Å².